The van der Waals surface area contributed by atoms with Crippen LogP contribution in [0.15, 0.2) is 6.20 Å². The monoisotopic (exact) mass is 264 g/mol. The van der Waals surface area contributed by atoms with E-state index >= 15 is 0 Å². The van der Waals surface area contributed by atoms with Gasteiger partial charge in [-0.2, -0.15) is 5.10 Å². The van der Waals surface area contributed by atoms with E-state index in [-0.39, 0.29) is 6.04 Å². The van der Waals surface area contributed by atoms with Crippen LogP contribution in [0.25, 0.3) is 0 Å². The molecule has 0 aromatic carbocycles. The Bertz CT molecular complexity index is 495. The Balaban J connectivity index is 1.98. The number of nitrogens with one attached hydrogen (secondary N) is 2. The molecule has 0 aliphatic carbocycles. The highest BCUT2D eigenvalue weighted by molar-refractivity contribution is 7.11. The van der Waals surface area contributed by atoms with Crippen molar-refractivity contribution in [2.24, 2.45) is 0 Å². The van der Waals surface area contributed by atoms with Gasteiger partial charge in [0.25, 0.3) is 0 Å². The summed E-state index contributed by atoms with van der Waals surface area (Å²) >= 11 is 1.79. The van der Waals surface area contributed by atoms with Crippen LogP contribution < -0.4 is 5.32 Å². The van der Waals surface area contributed by atoms with E-state index in [2.05, 4.69) is 41.3 Å². The lowest BCUT2D eigenvalue weighted by molar-refractivity contribution is 0.569. The lowest BCUT2D eigenvalue weighted by atomic mass is 10.2. The Morgan fingerprint density at radius 1 is 1.44 bits per heavy atom. The van der Waals surface area contributed by atoms with Gasteiger partial charge in [-0.1, -0.05) is 6.92 Å². The number of aryl methyl sites for hydroxylation is 3. The van der Waals surface area contributed by atoms with Crippen molar-refractivity contribution in [1.82, 2.24) is 20.5 Å². The van der Waals surface area contributed by atoms with Crippen molar-refractivity contribution < 1.29 is 0 Å². The fraction of sp³-hybridized carbons (Fsp3) is 0.538. The largest absolute Gasteiger partial charge is 0.304 e. The molecule has 0 aliphatic rings. The maximum Gasteiger partial charge on any atom is 0.109 e. The van der Waals surface area contributed by atoms with E-state index in [1.165, 1.54) is 10.4 Å². The third-order valence-electron chi connectivity index (χ3n) is 3.16. The molecule has 0 fully saturated rings. The molecule has 0 bridgehead atoms. The van der Waals surface area contributed by atoms with Gasteiger partial charge in [-0.05, 0) is 27.2 Å². The van der Waals surface area contributed by atoms with Crippen LogP contribution in [0, 0.1) is 13.8 Å². The molecule has 98 valence electrons. The van der Waals surface area contributed by atoms with Crippen LogP contribution in [0.1, 0.15) is 46.7 Å². The number of thiazole rings is 1. The van der Waals surface area contributed by atoms with Crippen molar-refractivity contribution >= 4 is 11.3 Å². The molecule has 1 atom stereocenters. The van der Waals surface area contributed by atoms with Crippen LogP contribution in [0.4, 0.5) is 0 Å². The van der Waals surface area contributed by atoms with Crippen LogP contribution in [0.3, 0.4) is 0 Å². The molecule has 0 amide bonds. The van der Waals surface area contributed by atoms with Crippen LogP contribution in [-0.2, 0) is 13.0 Å². The Hall–Kier alpha value is -1.20. The zero-order valence-electron chi connectivity index (χ0n) is 11.4. The van der Waals surface area contributed by atoms with Crippen LogP contribution in [0.2, 0.25) is 0 Å². The molecule has 0 spiro atoms. The summed E-state index contributed by atoms with van der Waals surface area (Å²) in [5.74, 6) is 0. The number of hydrogen-bond donors (Lipinski definition) is 2. The van der Waals surface area contributed by atoms with Gasteiger partial charge in [-0.25, -0.2) is 4.98 Å². The van der Waals surface area contributed by atoms with Crippen LogP contribution in [-0.4, -0.2) is 15.2 Å². The minimum atomic E-state index is 0.281. The average molecular weight is 264 g/mol. The van der Waals surface area contributed by atoms with Gasteiger partial charge >= 0.3 is 0 Å². The summed E-state index contributed by atoms with van der Waals surface area (Å²) in [7, 11) is 0. The van der Waals surface area contributed by atoms with Gasteiger partial charge in [0.15, 0.2) is 0 Å². The maximum absolute atomic E-state index is 4.46. The summed E-state index contributed by atoms with van der Waals surface area (Å²) in [6.45, 7) is 9.23. The highest BCUT2D eigenvalue weighted by Crippen LogP contribution is 2.21. The topological polar surface area (TPSA) is 53.6 Å². The van der Waals surface area contributed by atoms with E-state index in [9.17, 15) is 0 Å². The third-order valence-corrected chi connectivity index (χ3v) is 4.48. The summed E-state index contributed by atoms with van der Waals surface area (Å²) in [6, 6.07) is 0.281. The lowest BCUT2D eigenvalue weighted by Crippen LogP contribution is -2.18. The lowest BCUT2D eigenvalue weighted by Gasteiger charge is -2.11. The van der Waals surface area contributed by atoms with Gasteiger partial charge in [0.05, 0.1) is 11.7 Å². The second-order valence-electron chi connectivity index (χ2n) is 4.53. The van der Waals surface area contributed by atoms with E-state index in [0.29, 0.717) is 0 Å². The molecule has 2 heterocycles. The van der Waals surface area contributed by atoms with E-state index in [1.54, 1.807) is 11.3 Å². The Morgan fingerprint density at radius 3 is 2.78 bits per heavy atom. The number of aromatic nitrogens is 3. The van der Waals surface area contributed by atoms with Crippen molar-refractivity contribution in [2.75, 3.05) is 0 Å². The van der Waals surface area contributed by atoms with E-state index in [0.717, 1.165) is 29.4 Å². The minimum absolute atomic E-state index is 0.281. The maximum atomic E-state index is 4.46. The number of hydrogen-bond acceptors (Lipinski definition) is 4. The molecule has 0 radical (unpaired) electrons. The highest BCUT2D eigenvalue weighted by Gasteiger charge is 2.12. The molecule has 0 saturated carbocycles. The van der Waals surface area contributed by atoms with Gasteiger partial charge in [0, 0.05) is 28.9 Å². The van der Waals surface area contributed by atoms with Gasteiger partial charge in [0.1, 0.15) is 5.01 Å². The fourth-order valence-electron chi connectivity index (χ4n) is 1.86. The van der Waals surface area contributed by atoms with Gasteiger partial charge in [-0.15, -0.1) is 11.3 Å². The van der Waals surface area contributed by atoms with Gasteiger partial charge in [0.2, 0.25) is 0 Å². The molecule has 0 aliphatic heterocycles. The molecule has 18 heavy (non-hydrogen) atoms. The number of nitrogens with zero attached hydrogens (tertiary/aromatic N) is 2. The number of H-pyrrole nitrogens is 1. The summed E-state index contributed by atoms with van der Waals surface area (Å²) in [4.78, 5) is 5.81. The smallest absolute Gasteiger partial charge is 0.109 e. The van der Waals surface area contributed by atoms with Crippen molar-refractivity contribution in [3.05, 3.63) is 33.0 Å². The quantitative estimate of drug-likeness (QED) is 0.873. The second-order valence-corrected chi connectivity index (χ2v) is 5.68. The van der Waals surface area contributed by atoms with E-state index in [4.69, 9.17) is 0 Å². The molecule has 2 aromatic heterocycles. The van der Waals surface area contributed by atoms with Crippen LogP contribution in [0.5, 0.6) is 0 Å². The SMILES string of the molecule is CCc1cnc(C(C)NCc2c(C)n[nH]c2C)s1. The van der Waals surface area contributed by atoms with E-state index in [1.807, 2.05) is 13.1 Å². The highest BCUT2D eigenvalue weighted by atomic mass is 32.1. The third kappa shape index (κ3) is 2.79. The van der Waals surface area contributed by atoms with Crippen LogP contribution >= 0.6 is 11.3 Å². The minimum Gasteiger partial charge on any atom is -0.304 e. The molecule has 4 nitrogen and oxygen atoms in total. The van der Waals surface area contributed by atoms with Crippen molar-refractivity contribution in [1.29, 1.82) is 0 Å². The first-order valence-corrected chi connectivity index (χ1v) is 7.11. The second kappa shape index (κ2) is 5.63. The first-order valence-electron chi connectivity index (χ1n) is 6.30. The molecular formula is C13H20N4S. The predicted octanol–water partition coefficient (Wildman–Crippen LogP) is 2.90. The summed E-state index contributed by atoms with van der Waals surface area (Å²) < 4.78 is 0. The molecule has 2 rings (SSSR count). The zero-order valence-corrected chi connectivity index (χ0v) is 12.2. The fourth-order valence-corrected chi connectivity index (χ4v) is 2.75. The van der Waals surface area contributed by atoms with Crippen molar-refractivity contribution in [3.8, 4) is 0 Å². The Labute approximate surface area is 112 Å². The average Bonchev–Trinajstić information content (AvgIpc) is 2.95. The van der Waals surface area contributed by atoms with Crippen molar-refractivity contribution in [3.63, 3.8) is 0 Å². The summed E-state index contributed by atoms with van der Waals surface area (Å²) in [5, 5.41) is 11.9. The predicted molar refractivity (Wildman–Crippen MR) is 74.8 cm³/mol. The molecule has 2 aromatic rings. The number of aromatic amines is 1. The zero-order chi connectivity index (χ0) is 13.1. The Kier molecular flexibility index (Phi) is 4.14. The molecule has 5 heteroatoms. The standard InChI is InChI=1S/C13H20N4S/c1-5-11-6-15-13(18-11)10(4)14-7-12-8(2)16-17-9(12)3/h6,10,14H,5,7H2,1-4H3,(H,16,17). The van der Waals surface area contributed by atoms with Crippen molar-refractivity contribution in [2.45, 2.75) is 46.7 Å². The van der Waals surface area contributed by atoms with Gasteiger partial charge < -0.3 is 5.32 Å². The molecule has 1 unspecified atom stereocenters. The van der Waals surface area contributed by atoms with E-state index < -0.39 is 0 Å². The van der Waals surface area contributed by atoms with Gasteiger partial charge in [-0.3, -0.25) is 5.10 Å². The summed E-state index contributed by atoms with van der Waals surface area (Å²) in [5.41, 5.74) is 3.47. The number of rotatable bonds is 5. The Morgan fingerprint density at radius 2 is 2.22 bits per heavy atom. The summed E-state index contributed by atoms with van der Waals surface area (Å²) in [6.07, 6.45) is 3.04. The molecule has 0 saturated heterocycles. The normalized spacial score (nSPS) is 12.9. The molecular weight excluding hydrogens is 244 g/mol. The molecule has 2 N–H and O–H groups in total. The first-order chi connectivity index (χ1) is 8.61. The first kappa shape index (κ1) is 13.2.